The van der Waals surface area contributed by atoms with E-state index in [0.717, 1.165) is 12.1 Å². The summed E-state index contributed by atoms with van der Waals surface area (Å²) >= 11 is 0. The number of aliphatic hydroxyl groups is 1. The van der Waals surface area contributed by atoms with Crippen LogP contribution in [0, 0.1) is 0 Å². The third kappa shape index (κ3) is 1.71. The predicted octanol–water partition coefficient (Wildman–Crippen LogP) is 2.05. The highest BCUT2D eigenvalue weighted by Crippen LogP contribution is 2.42. The standard InChI is InChI=1S/C13H15NO2/c15-8-10-7-13(14-16-10)12-4-2-1-3-11(12)9-5-6-9/h1-4,9-10,15H,5-8H2. The maximum absolute atomic E-state index is 9.02. The molecular formula is C13H15NO2. The van der Waals surface area contributed by atoms with Gasteiger partial charge in [0, 0.05) is 12.0 Å². The Hall–Kier alpha value is -1.35. The number of rotatable bonds is 3. The molecule has 16 heavy (non-hydrogen) atoms. The van der Waals surface area contributed by atoms with E-state index >= 15 is 0 Å². The number of nitrogens with zero attached hydrogens (tertiary/aromatic N) is 1. The Morgan fingerprint density at radius 1 is 1.31 bits per heavy atom. The number of aliphatic hydroxyl groups excluding tert-OH is 1. The van der Waals surface area contributed by atoms with Crippen LogP contribution >= 0.6 is 0 Å². The van der Waals surface area contributed by atoms with Gasteiger partial charge < -0.3 is 9.94 Å². The normalized spacial score (nSPS) is 24.1. The summed E-state index contributed by atoms with van der Waals surface area (Å²) in [7, 11) is 0. The first-order chi connectivity index (χ1) is 7.88. The van der Waals surface area contributed by atoms with Crippen molar-refractivity contribution in [3.63, 3.8) is 0 Å². The predicted molar refractivity (Wildman–Crippen MR) is 61.5 cm³/mol. The summed E-state index contributed by atoms with van der Waals surface area (Å²) in [4.78, 5) is 5.16. The number of hydrogen-bond acceptors (Lipinski definition) is 3. The molecule has 84 valence electrons. The Bertz CT molecular complexity index is 424. The fourth-order valence-corrected chi connectivity index (χ4v) is 2.20. The van der Waals surface area contributed by atoms with Crippen molar-refractivity contribution in [2.45, 2.75) is 31.3 Å². The van der Waals surface area contributed by atoms with Crippen molar-refractivity contribution in [1.29, 1.82) is 0 Å². The molecule has 1 unspecified atom stereocenters. The molecule has 1 aromatic rings. The minimum atomic E-state index is -0.151. The fraction of sp³-hybridized carbons (Fsp3) is 0.462. The molecule has 0 spiro atoms. The minimum absolute atomic E-state index is 0.0403. The van der Waals surface area contributed by atoms with Crippen molar-refractivity contribution in [1.82, 2.24) is 0 Å². The van der Waals surface area contributed by atoms with Crippen LogP contribution < -0.4 is 0 Å². The molecule has 1 heterocycles. The van der Waals surface area contributed by atoms with Gasteiger partial charge in [0.25, 0.3) is 0 Å². The Labute approximate surface area is 94.7 Å². The summed E-state index contributed by atoms with van der Waals surface area (Å²) in [5.41, 5.74) is 3.59. The van der Waals surface area contributed by atoms with E-state index in [1.165, 1.54) is 24.0 Å². The molecular weight excluding hydrogens is 202 g/mol. The molecule has 3 rings (SSSR count). The summed E-state index contributed by atoms with van der Waals surface area (Å²) in [5, 5.41) is 13.1. The minimum Gasteiger partial charge on any atom is -0.392 e. The van der Waals surface area contributed by atoms with Crippen molar-refractivity contribution in [2.24, 2.45) is 5.16 Å². The molecule has 3 heteroatoms. The van der Waals surface area contributed by atoms with Gasteiger partial charge in [-0.25, -0.2) is 0 Å². The Morgan fingerprint density at radius 3 is 2.81 bits per heavy atom. The Balaban J connectivity index is 1.89. The average molecular weight is 217 g/mol. The molecule has 1 fully saturated rings. The van der Waals surface area contributed by atoms with E-state index in [0.29, 0.717) is 5.92 Å². The van der Waals surface area contributed by atoms with Gasteiger partial charge in [0.15, 0.2) is 6.10 Å². The van der Waals surface area contributed by atoms with Gasteiger partial charge in [-0.2, -0.15) is 0 Å². The fourth-order valence-electron chi connectivity index (χ4n) is 2.20. The van der Waals surface area contributed by atoms with Gasteiger partial charge in [-0.15, -0.1) is 0 Å². The van der Waals surface area contributed by atoms with Crippen molar-refractivity contribution in [3.05, 3.63) is 35.4 Å². The molecule has 1 N–H and O–H groups in total. The first kappa shape index (κ1) is 9.85. The van der Waals surface area contributed by atoms with Crippen LogP contribution in [0.3, 0.4) is 0 Å². The third-order valence-corrected chi connectivity index (χ3v) is 3.23. The average Bonchev–Trinajstić information content (AvgIpc) is 3.07. The van der Waals surface area contributed by atoms with Crippen LogP contribution in [0.5, 0.6) is 0 Å². The first-order valence-corrected chi connectivity index (χ1v) is 5.81. The van der Waals surface area contributed by atoms with Gasteiger partial charge in [-0.1, -0.05) is 29.4 Å². The smallest absolute Gasteiger partial charge is 0.156 e. The lowest BCUT2D eigenvalue weighted by Gasteiger charge is -2.07. The maximum Gasteiger partial charge on any atom is 0.156 e. The van der Waals surface area contributed by atoms with E-state index in [1.54, 1.807) is 0 Å². The van der Waals surface area contributed by atoms with Gasteiger partial charge in [0.2, 0.25) is 0 Å². The number of oxime groups is 1. The van der Waals surface area contributed by atoms with E-state index < -0.39 is 0 Å². The largest absolute Gasteiger partial charge is 0.392 e. The molecule has 0 aromatic heterocycles. The summed E-state index contributed by atoms with van der Waals surface area (Å²) in [6, 6.07) is 8.41. The van der Waals surface area contributed by atoms with Gasteiger partial charge in [-0.3, -0.25) is 0 Å². The van der Waals surface area contributed by atoms with Crippen LogP contribution in [0.15, 0.2) is 29.4 Å². The molecule has 1 aliphatic carbocycles. The molecule has 0 bridgehead atoms. The highest BCUT2D eigenvalue weighted by Gasteiger charge is 2.29. The van der Waals surface area contributed by atoms with E-state index in [4.69, 9.17) is 9.94 Å². The highest BCUT2D eigenvalue weighted by molar-refractivity contribution is 6.02. The number of benzene rings is 1. The molecule has 2 aliphatic rings. The summed E-state index contributed by atoms with van der Waals surface area (Å²) in [5.74, 6) is 0.715. The quantitative estimate of drug-likeness (QED) is 0.842. The van der Waals surface area contributed by atoms with Crippen LogP contribution in [-0.2, 0) is 4.84 Å². The monoisotopic (exact) mass is 217 g/mol. The van der Waals surface area contributed by atoms with E-state index in [-0.39, 0.29) is 12.7 Å². The summed E-state index contributed by atoms with van der Waals surface area (Å²) < 4.78 is 0. The summed E-state index contributed by atoms with van der Waals surface area (Å²) in [6.07, 6.45) is 3.14. The van der Waals surface area contributed by atoms with Crippen molar-refractivity contribution in [3.8, 4) is 0 Å². The molecule has 0 radical (unpaired) electrons. The van der Waals surface area contributed by atoms with Crippen LogP contribution in [0.1, 0.15) is 36.3 Å². The summed E-state index contributed by atoms with van der Waals surface area (Å²) in [6.45, 7) is 0.0403. The topological polar surface area (TPSA) is 41.8 Å². The Kier molecular flexibility index (Phi) is 2.40. The zero-order valence-corrected chi connectivity index (χ0v) is 9.10. The van der Waals surface area contributed by atoms with Crippen LogP contribution in [0.4, 0.5) is 0 Å². The lowest BCUT2D eigenvalue weighted by molar-refractivity contribution is 0.0390. The van der Waals surface area contributed by atoms with Crippen LogP contribution in [0.2, 0.25) is 0 Å². The van der Waals surface area contributed by atoms with Crippen molar-refractivity contribution < 1.29 is 9.94 Å². The second kappa shape index (κ2) is 3.91. The lowest BCUT2D eigenvalue weighted by Crippen LogP contribution is -2.13. The molecule has 1 atom stereocenters. The SMILES string of the molecule is OCC1CC(c2ccccc2C2CC2)=NO1. The molecule has 0 amide bonds. The Morgan fingerprint density at radius 2 is 2.12 bits per heavy atom. The zero-order chi connectivity index (χ0) is 11.0. The second-order valence-electron chi connectivity index (χ2n) is 4.51. The molecule has 3 nitrogen and oxygen atoms in total. The van der Waals surface area contributed by atoms with E-state index in [2.05, 4.69) is 23.4 Å². The van der Waals surface area contributed by atoms with Crippen LogP contribution in [0.25, 0.3) is 0 Å². The second-order valence-corrected chi connectivity index (χ2v) is 4.51. The van der Waals surface area contributed by atoms with Crippen molar-refractivity contribution in [2.75, 3.05) is 6.61 Å². The van der Waals surface area contributed by atoms with Gasteiger partial charge >= 0.3 is 0 Å². The number of hydrogen-bond donors (Lipinski definition) is 1. The lowest BCUT2D eigenvalue weighted by atomic mass is 9.97. The molecule has 1 aromatic carbocycles. The van der Waals surface area contributed by atoms with Gasteiger partial charge in [0.05, 0.1) is 12.3 Å². The van der Waals surface area contributed by atoms with Crippen LogP contribution in [-0.4, -0.2) is 23.5 Å². The molecule has 1 saturated carbocycles. The van der Waals surface area contributed by atoms with Crippen molar-refractivity contribution >= 4 is 5.71 Å². The molecule has 0 saturated heterocycles. The zero-order valence-electron chi connectivity index (χ0n) is 9.10. The maximum atomic E-state index is 9.02. The van der Waals surface area contributed by atoms with E-state index in [1.807, 2.05) is 6.07 Å². The highest BCUT2D eigenvalue weighted by atomic mass is 16.6. The van der Waals surface area contributed by atoms with E-state index in [9.17, 15) is 0 Å². The third-order valence-electron chi connectivity index (χ3n) is 3.23. The first-order valence-electron chi connectivity index (χ1n) is 5.81. The van der Waals surface area contributed by atoms with Gasteiger partial charge in [0.1, 0.15) is 0 Å². The van der Waals surface area contributed by atoms with Gasteiger partial charge in [-0.05, 0) is 24.3 Å². The molecule has 1 aliphatic heterocycles.